The third-order valence-corrected chi connectivity index (χ3v) is 3.16. The number of rotatable bonds is 11. The van der Waals surface area contributed by atoms with Crippen molar-refractivity contribution in [1.29, 1.82) is 0 Å². The van der Waals surface area contributed by atoms with Gasteiger partial charge in [0.2, 0.25) is 0 Å². The molecule has 0 N–H and O–H groups in total. The second kappa shape index (κ2) is 11.4. The molecule has 0 unspecified atom stereocenters. The van der Waals surface area contributed by atoms with Crippen LogP contribution in [0, 0.1) is 0 Å². The van der Waals surface area contributed by atoms with E-state index in [0.717, 1.165) is 10.0 Å². The summed E-state index contributed by atoms with van der Waals surface area (Å²) in [5.74, 6) is 0. The predicted octanol–water partition coefficient (Wildman–Crippen LogP) is 2.65. The van der Waals surface area contributed by atoms with Gasteiger partial charge in [0.25, 0.3) is 0 Å². The van der Waals surface area contributed by atoms with Crippen LogP contribution in [-0.2, 0) is 25.6 Å². The Labute approximate surface area is 123 Å². The summed E-state index contributed by atoms with van der Waals surface area (Å²) < 4.78 is 22.1. The summed E-state index contributed by atoms with van der Waals surface area (Å²) >= 11 is 3.48. The fourth-order valence-corrected chi connectivity index (χ4v) is 1.78. The van der Waals surface area contributed by atoms with Crippen molar-refractivity contribution in [2.75, 3.05) is 46.8 Å². The fraction of sp³-hybridized carbons (Fsp3) is 0.571. The van der Waals surface area contributed by atoms with Gasteiger partial charge in [-0.15, -0.1) is 0 Å². The highest BCUT2D eigenvalue weighted by molar-refractivity contribution is 9.10. The van der Waals surface area contributed by atoms with Crippen LogP contribution >= 0.6 is 15.9 Å². The van der Waals surface area contributed by atoms with Crippen molar-refractivity contribution in [3.63, 3.8) is 0 Å². The van der Waals surface area contributed by atoms with Crippen molar-refractivity contribution < 1.29 is 18.9 Å². The van der Waals surface area contributed by atoms with E-state index in [1.807, 2.05) is 24.3 Å². The van der Waals surface area contributed by atoms with E-state index < -0.39 is 0 Å². The molecule has 0 aliphatic carbocycles. The highest BCUT2D eigenvalue weighted by atomic mass is 79.9. The molecule has 0 heterocycles. The molecule has 4 nitrogen and oxygen atoms in total. The van der Waals surface area contributed by atoms with E-state index in [1.54, 1.807) is 7.11 Å². The first-order valence-corrected chi connectivity index (χ1v) is 7.09. The Balaban J connectivity index is 1.90. The monoisotopic (exact) mass is 332 g/mol. The number of hydrogen-bond donors (Lipinski definition) is 0. The van der Waals surface area contributed by atoms with Crippen molar-refractivity contribution in [2.45, 2.75) is 6.61 Å². The molecule has 1 aromatic carbocycles. The number of methoxy groups -OCH3 is 1. The van der Waals surface area contributed by atoms with Crippen LogP contribution in [0.1, 0.15) is 5.56 Å². The van der Waals surface area contributed by atoms with E-state index in [9.17, 15) is 0 Å². The highest BCUT2D eigenvalue weighted by Gasteiger charge is 1.98. The molecule has 0 atom stereocenters. The average molecular weight is 333 g/mol. The van der Waals surface area contributed by atoms with Crippen LogP contribution in [0.25, 0.3) is 0 Å². The molecule has 5 heteroatoms. The van der Waals surface area contributed by atoms with Crippen LogP contribution in [0.2, 0.25) is 0 Å². The lowest BCUT2D eigenvalue weighted by molar-refractivity contribution is 0.000804. The lowest BCUT2D eigenvalue weighted by Crippen LogP contribution is -2.11. The summed E-state index contributed by atoms with van der Waals surface area (Å²) in [6.07, 6.45) is 0. The summed E-state index contributed by atoms with van der Waals surface area (Å²) in [6.45, 7) is 4.16. The van der Waals surface area contributed by atoms with Crippen LogP contribution < -0.4 is 0 Å². The van der Waals surface area contributed by atoms with Gasteiger partial charge in [0.1, 0.15) is 0 Å². The van der Waals surface area contributed by atoms with Gasteiger partial charge in [0.05, 0.1) is 46.2 Å². The second-order valence-corrected chi connectivity index (χ2v) is 4.72. The van der Waals surface area contributed by atoms with Gasteiger partial charge in [0.15, 0.2) is 0 Å². The summed E-state index contributed by atoms with van der Waals surface area (Å²) in [5.41, 5.74) is 1.14. The van der Waals surface area contributed by atoms with Crippen molar-refractivity contribution in [3.8, 4) is 0 Å². The molecule has 0 amide bonds. The summed E-state index contributed by atoms with van der Waals surface area (Å²) in [6, 6.07) is 8.03. The molecule has 0 radical (unpaired) electrons. The number of ether oxygens (including phenoxy) is 4. The minimum absolute atomic E-state index is 0.581. The number of benzene rings is 1. The molecule has 1 aromatic rings. The van der Waals surface area contributed by atoms with Gasteiger partial charge in [-0.3, -0.25) is 0 Å². The van der Waals surface area contributed by atoms with Crippen molar-refractivity contribution in [2.24, 2.45) is 0 Å². The van der Waals surface area contributed by atoms with Gasteiger partial charge < -0.3 is 18.9 Å². The zero-order valence-electron chi connectivity index (χ0n) is 11.3. The zero-order chi connectivity index (χ0) is 13.8. The van der Waals surface area contributed by atoms with E-state index in [-0.39, 0.29) is 0 Å². The molecular formula is C14H21BrO4. The maximum atomic E-state index is 5.53. The SMILES string of the molecule is COCCOCCOCCOCc1ccccc1Br. The summed E-state index contributed by atoms with van der Waals surface area (Å²) in [5, 5.41) is 0. The maximum absolute atomic E-state index is 5.53. The standard InChI is InChI=1S/C14H21BrO4/c1-16-6-7-17-8-9-18-10-11-19-12-13-4-2-3-5-14(13)15/h2-5H,6-12H2,1H3. The molecule has 0 fully saturated rings. The molecule has 0 saturated heterocycles. The van der Waals surface area contributed by atoms with Gasteiger partial charge in [-0.2, -0.15) is 0 Å². The molecule has 0 saturated carbocycles. The molecule has 0 spiro atoms. The third-order valence-electron chi connectivity index (χ3n) is 2.39. The Morgan fingerprint density at radius 1 is 0.842 bits per heavy atom. The Morgan fingerprint density at radius 3 is 2.05 bits per heavy atom. The molecule has 0 aliphatic heterocycles. The molecule has 0 bridgehead atoms. The van der Waals surface area contributed by atoms with E-state index in [1.165, 1.54) is 0 Å². The first kappa shape index (κ1) is 16.6. The topological polar surface area (TPSA) is 36.9 Å². The molecule has 0 aliphatic rings. The smallest absolute Gasteiger partial charge is 0.0728 e. The second-order valence-electron chi connectivity index (χ2n) is 3.86. The van der Waals surface area contributed by atoms with Gasteiger partial charge in [-0.1, -0.05) is 34.1 Å². The molecule has 0 aromatic heterocycles. The Morgan fingerprint density at radius 2 is 1.42 bits per heavy atom. The van der Waals surface area contributed by atoms with E-state index >= 15 is 0 Å². The van der Waals surface area contributed by atoms with E-state index in [2.05, 4.69) is 15.9 Å². The van der Waals surface area contributed by atoms with Gasteiger partial charge >= 0.3 is 0 Å². The van der Waals surface area contributed by atoms with Crippen LogP contribution in [-0.4, -0.2) is 46.8 Å². The summed E-state index contributed by atoms with van der Waals surface area (Å²) in [4.78, 5) is 0. The van der Waals surface area contributed by atoms with Gasteiger partial charge in [-0.05, 0) is 11.6 Å². The quantitative estimate of drug-likeness (QED) is 0.584. The minimum Gasteiger partial charge on any atom is -0.382 e. The largest absolute Gasteiger partial charge is 0.382 e. The lowest BCUT2D eigenvalue weighted by Gasteiger charge is -2.07. The normalized spacial score (nSPS) is 10.8. The first-order chi connectivity index (χ1) is 9.34. The van der Waals surface area contributed by atoms with Gasteiger partial charge in [-0.25, -0.2) is 0 Å². The van der Waals surface area contributed by atoms with Crippen LogP contribution in [0.4, 0.5) is 0 Å². The average Bonchev–Trinajstić information content (AvgIpc) is 2.43. The first-order valence-electron chi connectivity index (χ1n) is 6.30. The lowest BCUT2D eigenvalue weighted by atomic mass is 10.2. The molecular weight excluding hydrogens is 312 g/mol. The third kappa shape index (κ3) is 8.34. The summed E-state index contributed by atoms with van der Waals surface area (Å²) in [7, 11) is 1.66. The zero-order valence-corrected chi connectivity index (χ0v) is 12.9. The Hall–Kier alpha value is -0.460. The van der Waals surface area contributed by atoms with E-state index in [0.29, 0.717) is 46.2 Å². The van der Waals surface area contributed by atoms with Crippen LogP contribution in [0.5, 0.6) is 0 Å². The van der Waals surface area contributed by atoms with Gasteiger partial charge in [0, 0.05) is 11.6 Å². The predicted molar refractivity (Wildman–Crippen MR) is 77.3 cm³/mol. The highest BCUT2D eigenvalue weighted by Crippen LogP contribution is 2.16. The Bertz CT molecular complexity index is 333. The Kier molecular flexibility index (Phi) is 9.93. The number of hydrogen-bond acceptors (Lipinski definition) is 4. The molecule has 19 heavy (non-hydrogen) atoms. The van der Waals surface area contributed by atoms with Crippen molar-refractivity contribution in [3.05, 3.63) is 34.3 Å². The van der Waals surface area contributed by atoms with Crippen LogP contribution in [0.15, 0.2) is 28.7 Å². The molecule has 108 valence electrons. The van der Waals surface area contributed by atoms with Crippen LogP contribution in [0.3, 0.4) is 0 Å². The fourth-order valence-electron chi connectivity index (χ4n) is 1.38. The maximum Gasteiger partial charge on any atom is 0.0728 e. The minimum atomic E-state index is 0.581. The van der Waals surface area contributed by atoms with Crippen molar-refractivity contribution >= 4 is 15.9 Å². The number of halogens is 1. The molecule has 1 rings (SSSR count). The van der Waals surface area contributed by atoms with Crippen molar-refractivity contribution in [1.82, 2.24) is 0 Å². The van der Waals surface area contributed by atoms with E-state index in [4.69, 9.17) is 18.9 Å².